The van der Waals surface area contributed by atoms with E-state index in [0.717, 1.165) is 0 Å². The number of rotatable bonds is 5. The average molecular weight is 330 g/mol. The second-order valence-electron chi connectivity index (χ2n) is 4.87. The summed E-state index contributed by atoms with van der Waals surface area (Å²) in [7, 11) is 0. The number of aliphatic carboxylic acids is 1. The maximum atomic E-state index is 11.6. The van der Waals surface area contributed by atoms with Gasteiger partial charge in [0.2, 0.25) is 0 Å². The molecule has 1 aliphatic rings. The molecule has 10 heteroatoms. The van der Waals surface area contributed by atoms with Gasteiger partial charge in [-0.3, -0.25) is 9.59 Å². The SMILES string of the molecule is O=C(O)CCNC(=O)NC1CCN(c2cn[nH]c(=O)c2Cl)C1. The minimum Gasteiger partial charge on any atom is -0.481 e. The van der Waals surface area contributed by atoms with Gasteiger partial charge in [0.25, 0.3) is 5.56 Å². The van der Waals surface area contributed by atoms with E-state index in [1.807, 2.05) is 4.90 Å². The van der Waals surface area contributed by atoms with E-state index in [-0.39, 0.29) is 24.0 Å². The third kappa shape index (κ3) is 4.10. The quantitative estimate of drug-likeness (QED) is 0.591. The Kier molecular flexibility index (Phi) is 5.21. The molecule has 2 amide bonds. The summed E-state index contributed by atoms with van der Waals surface area (Å²) in [5.74, 6) is -0.969. The Bertz CT molecular complexity index is 620. The smallest absolute Gasteiger partial charge is 0.315 e. The van der Waals surface area contributed by atoms with Crippen LogP contribution in [0.4, 0.5) is 10.5 Å². The number of H-pyrrole nitrogens is 1. The molecule has 0 spiro atoms. The van der Waals surface area contributed by atoms with E-state index >= 15 is 0 Å². The van der Waals surface area contributed by atoms with Gasteiger partial charge in [0, 0.05) is 25.7 Å². The molecule has 9 nitrogen and oxygen atoms in total. The van der Waals surface area contributed by atoms with Crippen molar-refractivity contribution in [3.05, 3.63) is 21.6 Å². The van der Waals surface area contributed by atoms with Crippen molar-refractivity contribution in [3.63, 3.8) is 0 Å². The highest BCUT2D eigenvalue weighted by molar-refractivity contribution is 6.33. The molecule has 0 aromatic carbocycles. The molecule has 0 saturated carbocycles. The number of amides is 2. The number of carboxylic acids is 1. The van der Waals surface area contributed by atoms with Crippen molar-refractivity contribution in [1.82, 2.24) is 20.8 Å². The third-order valence-electron chi connectivity index (χ3n) is 3.27. The summed E-state index contributed by atoms with van der Waals surface area (Å²) < 4.78 is 0. The first-order valence-corrected chi connectivity index (χ1v) is 7.09. The number of hydrogen-bond acceptors (Lipinski definition) is 5. The molecule has 0 bridgehead atoms. The Labute approximate surface area is 130 Å². The van der Waals surface area contributed by atoms with Crippen LogP contribution in [0.2, 0.25) is 5.02 Å². The highest BCUT2D eigenvalue weighted by Crippen LogP contribution is 2.24. The Morgan fingerprint density at radius 3 is 3.05 bits per heavy atom. The fourth-order valence-electron chi connectivity index (χ4n) is 2.21. The van der Waals surface area contributed by atoms with Crippen LogP contribution in [0, 0.1) is 0 Å². The number of carboxylic acid groups (broad SMARTS) is 1. The standard InChI is InChI=1S/C12H16ClN5O4/c13-10-8(5-15-17-11(10)21)18-4-2-7(6-18)16-12(22)14-3-1-9(19)20/h5,7H,1-4,6H2,(H,17,21)(H,19,20)(H2,14,16,22). The summed E-state index contributed by atoms with van der Waals surface area (Å²) in [5, 5.41) is 19.8. The molecule has 1 aliphatic heterocycles. The molecule has 1 fully saturated rings. The molecule has 4 N–H and O–H groups in total. The number of urea groups is 1. The van der Waals surface area contributed by atoms with Gasteiger partial charge in [-0.2, -0.15) is 5.10 Å². The van der Waals surface area contributed by atoms with E-state index in [2.05, 4.69) is 20.8 Å². The van der Waals surface area contributed by atoms with Gasteiger partial charge >= 0.3 is 12.0 Å². The van der Waals surface area contributed by atoms with E-state index in [1.54, 1.807) is 0 Å². The topological polar surface area (TPSA) is 127 Å². The molecule has 22 heavy (non-hydrogen) atoms. The highest BCUT2D eigenvalue weighted by atomic mass is 35.5. The zero-order valence-electron chi connectivity index (χ0n) is 11.6. The van der Waals surface area contributed by atoms with Gasteiger partial charge in [0.1, 0.15) is 5.02 Å². The summed E-state index contributed by atoms with van der Waals surface area (Å²) >= 11 is 5.94. The first-order valence-electron chi connectivity index (χ1n) is 6.71. The largest absolute Gasteiger partial charge is 0.481 e. The van der Waals surface area contributed by atoms with Crippen LogP contribution in [-0.2, 0) is 4.79 Å². The van der Waals surface area contributed by atoms with Crippen LogP contribution < -0.4 is 21.1 Å². The van der Waals surface area contributed by atoms with Gasteiger partial charge < -0.3 is 20.6 Å². The molecule has 2 heterocycles. The lowest BCUT2D eigenvalue weighted by Crippen LogP contribution is -2.44. The summed E-state index contributed by atoms with van der Waals surface area (Å²) in [4.78, 5) is 35.3. The van der Waals surface area contributed by atoms with Crippen LogP contribution in [-0.4, -0.2) is 53.0 Å². The Balaban J connectivity index is 1.85. The van der Waals surface area contributed by atoms with E-state index in [4.69, 9.17) is 16.7 Å². The molecule has 1 saturated heterocycles. The van der Waals surface area contributed by atoms with Crippen LogP contribution in [0.25, 0.3) is 0 Å². The van der Waals surface area contributed by atoms with E-state index < -0.39 is 17.6 Å². The number of nitrogens with one attached hydrogen (secondary N) is 3. The Morgan fingerprint density at radius 1 is 1.55 bits per heavy atom. The number of anilines is 1. The minimum atomic E-state index is -0.969. The number of nitrogens with zero attached hydrogens (tertiary/aromatic N) is 2. The van der Waals surface area contributed by atoms with Gasteiger partial charge in [0.15, 0.2) is 0 Å². The summed E-state index contributed by atoms with van der Waals surface area (Å²) in [6, 6.07) is -0.525. The van der Waals surface area contributed by atoms with Gasteiger partial charge in [0.05, 0.1) is 18.3 Å². The van der Waals surface area contributed by atoms with Crippen molar-refractivity contribution in [3.8, 4) is 0 Å². The molecular formula is C12H16ClN5O4. The number of carbonyl (C=O) groups excluding carboxylic acids is 1. The molecule has 1 aromatic heterocycles. The number of aromatic nitrogens is 2. The van der Waals surface area contributed by atoms with E-state index in [1.165, 1.54) is 6.20 Å². The van der Waals surface area contributed by atoms with Gasteiger partial charge in [-0.05, 0) is 6.42 Å². The van der Waals surface area contributed by atoms with E-state index in [9.17, 15) is 14.4 Å². The predicted molar refractivity (Wildman–Crippen MR) is 79.3 cm³/mol. The normalized spacial score (nSPS) is 17.3. The van der Waals surface area contributed by atoms with Crippen LogP contribution in [0.15, 0.2) is 11.0 Å². The van der Waals surface area contributed by atoms with Crippen molar-refractivity contribution in [2.75, 3.05) is 24.5 Å². The lowest BCUT2D eigenvalue weighted by atomic mass is 10.3. The fourth-order valence-corrected chi connectivity index (χ4v) is 2.42. The average Bonchev–Trinajstić information content (AvgIpc) is 2.89. The number of aromatic amines is 1. The van der Waals surface area contributed by atoms with Crippen molar-refractivity contribution in [2.24, 2.45) is 0 Å². The van der Waals surface area contributed by atoms with Crippen molar-refractivity contribution >= 4 is 29.3 Å². The molecule has 1 unspecified atom stereocenters. The molecule has 120 valence electrons. The summed E-state index contributed by atoms with van der Waals surface area (Å²) in [6.45, 7) is 1.20. The van der Waals surface area contributed by atoms with Gasteiger partial charge in [-0.25, -0.2) is 9.89 Å². The molecule has 1 aromatic rings. The zero-order valence-corrected chi connectivity index (χ0v) is 12.4. The van der Waals surface area contributed by atoms with Crippen LogP contribution in [0.3, 0.4) is 0 Å². The number of halogens is 1. The zero-order chi connectivity index (χ0) is 16.1. The Morgan fingerprint density at radius 2 is 2.32 bits per heavy atom. The maximum absolute atomic E-state index is 11.6. The Hall–Kier alpha value is -2.29. The fraction of sp³-hybridized carbons (Fsp3) is 0.500. The second kappa shape index (κ2) is 7.12. The molecule has 2 rings (SSSR count). The lowest BCUT2D eigenvalue weighted by molar-refractivity contribution is -0.136. The first-order chi connectivity index (χ1) is 10.5. The lowest BCUT2D eigenvalue weighted by Gasteiger charge is -2.19. The van der Waals surface area contributed by atoms with Crippen molar-refractivity contribution < 1.29 is 14.7 Å². The second-order valence-corrected chi connectivity index (χ2v) is 5.25. The summed E-state index contributed by atoms with van der Waals surface area (Å²) in [5.41, 5.74) is 0.0722. The third-order valence-corrected chi connectivity index (χ3v) is 3.63. The number of hydrogen-bond donors (Lipinski definition) is 4. The maximum Gasteiger partial charge on any atom is 0.315 e. The van der Waals surface area contributed by atoms with Crippen LogP contribution >= 0.6 is 11.6 Å². The van der Waals surface area contributed by atoms with Gasteiger partial charge in [-0.15, -0.1) is 0 Å². The first kappa shape index (κ1) is 16.1. The van der Waals surface area contributed by atoms with Crippen LogP contribution in [0.5, 0.6) is 0 Å². The molecule has 0 aliphatic carbocycles. The van der Waals surface area contributed by atoms with Crippen molar-refractivity contribution in [1.29, 1.82) is 0 Å². The van der Waals surface area contributed by atoms with E-state index in [0.29, 0.717) is 25.2 Å². The number of carbonyl (C=O) groups is 2. The molecule has 0 radical (unpaired) electrons. The van der Waals surface area contributed by atoms with Gasteiger partial charge in [-0.1, -0.05) is 11.6 Å². The summed E-state index contributed by atoms with van der Waals surface area (Å²) in [6.07, 6.45) is 2.03. The highest BCUT2D eigenvalue weighted by Gasteiger charge is 2.26. The molecule has 1 atom stereocenters. The molecular weight excluding hydrogens is 314 g/mol. The van der Waals surface area contributed by atoms with Crippen molar-refractivity contribution in [2.45, 2.75) is 18.9 Å². The minimum absolute atomic E-state index is 0.0708. The monoisotopic (exact) mass is 329 g/mol. The predicted octanol–water partition coefficient (Wildman–Crippen LogP) is -0.224. The van der Waals surface area contributed by atoms with Crippen LogP contribution in [0.1, 0.15) is 12.8 Å².